The molecular formula is Al2O5Si. The molecule has 0 N–H and O–H groups in total. The third-order valence-electron chi connectivity index (χ3n) is 0. The van der Waals surface area contributed by atoms with Crippen LogP contribution in [0.4, 0.5) is 0 Å². The van der Waals surface area contributed by atoms with Crippen molar-refractivity contribution >= 4 is 43.8 Å². The van der Waals surface area contributed by atoms with Crippen LogP contribution in [-0.2, 0) is 5.48 Å². The molecule has 0 aromatic rings. The van der Waals surface area contributed by atoms with Crippen LogP contribution in [0.1, 0.15) is 0 Å². The molecule has 0 unspecified atom stereocenters. The van der Waals surface area contributed by atoms with Gasteiger partial charge in [-0.05, 0) is 0 Å². The van der Waals surface area contributed by atoms with E-state index in [-0.39, 0.29) is 40.2 Å². The molecule has 0 spiro atoms. The predicted octanol–water partition coefficient (Wildman–Crippen LogP) is -6.02. The van der Waals surface area contributed by atoms with Crippen molar-refractivity contribution in [3.8, 4) is 0 Å². The first kappa shape index (κ1) is 23.0. The second-order valence-electron chi connectivity index (χ2n) is 0.500. The van der Waals surface area contributed by atoms with E-state index in [2.05, 4.69) is 0 Å². The van der Waals surface area contributed by atoms with E-state index < -0.39 is 9.05 Å². The van der Waals surface area contributed by atoms with E-state index in [1.54, 1.807) is 0 Å². The van der Waals surface area contributed by atoms with Crippen LogP contribution >= 0.6 is 0 Å². The molecule has 0 amide bonds. The van der Waals surface area contributed by atoms with E-state index >= 15 is 0 Å². The minimum absolute atomic E-state index is 0. The second kappa shape index (κ2) is 8.08. The molecule has 40 valence electrons. The average Bonchev–Trinajstić information content (AvgIpc) is 0.722. The summed E-state index contributed by atoms with van der Waals surface area (Å²) in [4.78, 5) is 34.3. The number of rotatable bonds is 0. The Balaban J connectivity index is -0.0000000267. The van der Waals surface area contributed by atoms with Crippen LogP contribution in [0.25, 0.3) is 0 Å². The fourth-order valence-electron chi connectivity index (χ4n) is 0. The summed E-state index contributed by atoms with van der Waals surface area (Å²) in [7, 11) is -5.61. The predicted molar refractivity (Wildman–Crippen MR) is 17.9 cm³/mol. The first-order chi connectivity index (χ1) is 2.00. The molecule has 0 aromatic carbocycles. The zero-order valence-electron chi connectivity index (χ0n) is 3.70. The smallest absolute Gasteiger partial charge is 2.00 e. The van der Waals surface area contributed by atoms with Crippen molar-refractivity contribution in [1.82, 2.24) is 0 Å². The van der Waals surface area contributed by atoms with Gasteiger partial charge in [0.25, 0.3) is 0 Å². The largest absolute Gasteiger partial charge is 3.00 e. The molecule has 8 heteroatoms. The van der Waals surface area contributed by atoms with Crippen LogP contribution in [0.5, 0.6) is 0 Å². The zero-order chi connectivity index (χ0) is 4.50. The summed E-state index contributed by atoms with van der Waals surface area (Å²) < 4.78 is 0. The van der Waals surface area contributed by atoms with E-state index in [0.29, 0.717) is 0 Å². The van der Waals surface area contributed by atoms with E-state index in [1.807, 2.05) is 0 Å². The monoisotopic (exact) mass is 162 g/mol. The molecule has 0 aromatic heterocycles. The van der Waals surface area contributed by atoms with Crippen LogP contribution in [0.15, 0.2) is 0 Å². The maximum atomic E-state index is 8.58. The van der Waals surface area contributed by atoms with Gasteiger partial charge in [0.15, 0.2) is 0 Å². The van der Waals surface area contributed by atoms with Crippen LogP contribution in [-0.4, -0.2) is 43.8 Å². The first-order valence-corrected chi connectivity index (χ1v) is 2.45. The van der Waals surface area contributed by atoms with Crippen molar-refractivity contribution in [2.24, 2.45) is 0 Å². The van der Waals surface area contributed by atoms with Crippen molar-refractivity contribution in [3.63, 3.8) is 0 Å². The fraction of sp³-hybridized carbons (Fsp3) is 0. The summed E-state index contributed by atoms with van der Waals surface area (Å²) in [5, 5.41) is 0. The molecule has 0 saturated heterocycles. The molecule has 0 rings (SSSR count). The van der Waals surface area contributed by atoms with Gasteiger partial charge in [0.1, 0.15) is 0 Å². The Morgan fingerprint density at radius 3 is 0.750 bits per heavy atom. The summed E-state index contributed by atoms with van der Waals surface area (Å²) >= 11 is 0. The van der Waals surface area contributed by atoms with Crippen LogP contribution in [0, 0.1) is 0 Å². The number of hydrogen-bond acceptors (Lipinski definition) is 4. The Morgan fingerprint density at radius 1 is 0.750 bits per heavy atom. The normalized spacial score (nSPS) is 7.50. The van der Waals surface area contributed by atoms with Gasteiger partial charge in [-0.15, -0.1) is 0 Å². The summed E-state index contributed by atoms with van der Waals surface area (Å²) in [6.07, 6.45) is 0. The minimum atomic E-state index is -5.61. The molecule has 0 aliphatic heterocycles. The molecule has 0 heterocycles. The van der Waals surface area contributed by atoms with E-state index in [0.717, 1.165) is 0 Å². The molecule has 0 bridgehead atoms. The summed E-state index contributed by atoms with van der Waals surface area (Å²) in [5.41, 5.74) is 0. The van der Waals surface area contributed by atoms with E-state index in [4.69, 9.17) is 19.2 Å². The fourth-order valence-corrected chi connectivity index (χ4v) is 0. The van der Waals surface area contributed by atoms with Crippen molar-refractivity contribution in [1.29, 1.82) is 0 Å². The van der Waals surface area contributed by atoms with Crippen molar-refractivity contribution in [2.75, 3.05) is 0 Å². The molecular weight excluding hydrogens is 162 g/mol. The Morgan fingerprint density at radius 2 is 0.750 bits per heavy atom. The van der Waals surface area contributed by atoms with Gasteiger partial charge in [-0.25, -0.2) is 0 Å². The molecule has 0 saturated carbocycles. The van der Waals surface area contributed by atoms with Crippen LogP contribution < -0.4 is 19.2 Å². The van der Waals surface area contributed by atoms with Gasteiger partial charge in [-0.1, -0.05) is 0 Å². The van der Waals surface area contributed by atoms with Crippen LogP contribution in [0.2, 0.25) is 0 Å². The molecule has 0 aliphatic carbocycles. The first-order valence-electron chi connectivity index (χ1n) is 0.816. The quantitative estimate of drug-likeness (QED) is 0.329. The van der Waals surface area contributed by atoms with Gasteiger partial charge in [-0.3, -0.25) is 0 Å². The average molecular weight is 162 g/mol. The van der Waals surface area contributed by atoms with Gasteiger partial charge in [0, 0.05) is 0 Å². The molecule has 8 heavy (non-hydrogen) atoms. The second-order valence-corrected chi connectivity index (χ2v) is 1.50. The Kier molecular flexibility index (Phi) is 23.2. The summed E-state index contributed by atoms with van der Waals surface area (Å²) in [6.45, 7) is 0. The van der Waals surface area contributed by atoms with Crippen molar-refractivity contribution in [2.45, 2.75) is 0 Å². The molecule has 0 fully saturated rings. The van der Waals surface area contributed by atoms with E-state index in [1.165, 1.54) is 0 Å². The Hall–Kier alpha value is 1.08. The Labute approximate surface area is 68.7 Å². The van der Waals surface area contributed by atoms with Gasteiger partial charge < -0.3 is 33.7 Å². The molecule has 5 nitrogen and oxygen atoms in total. The minimum Gasteiger partial charge on any atom is -2.00 e. The van der Waals surface area contributed by atoms with Gasteiger partial charge >= 0.3 is 34.7 Å². The van der Waals surface area contributed by atoms with Gasteiger partial charge in [-0.2, -0.15) is 0 Å². The van der Waals surface area contributed by atoms with Gasteiger partial charge in [0.05, 0.1) is 0 Å². The third kappa shape index (κ3) is 224. The maximum absolute atomic E-state index is 8.58. The van der Waals surface area contributed by atoms with Crippen LogP contribution in [0.3, 0.4) is 0 Å². The third-order valence-corrected chi connectivity index (χ3v) is 0. The summed E-state index contributed by atoms with van der Waals surface area (Å²) in [5.74, 6) is 0. The summed E-state index contributed by atoms with van der Waals surface area (Å²) in [6, 6.07) is 0. The van der Waals surface area contributed by atoms with Crippen molar-refractivity contribution < 1.29 is 24.7 Å². The molecule has 0 aliphatic rings. The van der Waals surface area contributed by atoms with Gasteiger partial charge in [0.2, 0.25) is 0 Å². The van der Waals surface area contributed by atoms with Crippen molar-refractivity contribution in [3.05, 3.63) is 0 Å². The molecule has 0 atom stereocenters. The maximum Gasteiger partial charge on any atom is 3.00 e. The van der Waals surface area contributed by atoms with E-state index in [9.17, 15) is 0 Å². The Bertz CT molecular complexity index is 25.9. The SMILES string of the molecule is [Al+3].[Al+3].[O-2].[O-][Si]([O-])([O-])[O-]. The topological polar surface area (TPSA) is 121 Å². The standard InChI is InChI=1S/2Al.O4Si.O/c;;1-5(2,3)4;/q2*+3;-4;-2. The zero-order valence-corrected chi connectivity index (χ0v) is 7.01. The molecule has 0 radical (unpaired) electrons. The number of hydrogen-bond donors (Lipinski definition) is 0.